The van der Waals surface area contributed by atoms with Gasteiger partial charge in [0.15, 0.2) is 11.6 Å². The summed E-state index contributed by atoms with van der Waals surface area (Å²) in [4.78, 5) is 23.7. The number of carbonyl (C=O) groups excluding carboxylic acids is 2. The fraction of sp³-hybridized carbons (Fsp3) is 0.455. The largest absolute Gasteiger partial charge is 0.359 e. The Morgan fingerprint density at radius 1 is 0.654 bits per heavy atom. The second kappa shape index (κ2) is 6.75. The van der Waals surface area contributed by atoms with E-state index in [0.29, 0.717) is 12.8 Å². The maximum absolute atomic E-state index is 11.9. The molecule has 4 heteroatoms. The van der Waals surface area contributed by atoms with Crippen LogP contribution in [0.1, 0.15) is 53.4 Å². The molecule has 2 aliphatic rings. The smallest absolute Gasteiger partial charge is 0.157 e. The van der Waals surface area contributed by atoms with Gasteiger partial charge in [-0.3, -0.25) is 9.59 Å². The lowest BCUT2D eigenvalue weighted by atomic mass is 9.79. The number of ketones is 2. The van der Waals surface area contributed by atoms with Gasteiger partial charge in [0.2, 0.25) is 0 Å². The average Bonchev–Trinajstić information content (AvgIpc) is 2.45. The van der Waals surface area contributed by atoms with E-state index in [1.54, 1.807) is 12.2 Å². The molecule has 0 unspecified atom stereocenters. The number of carbonyl (C=O) groups is 2. The minimum absolute atomic E-state index is 0.00244. The molecule has 1 aromatic carbocycles. The van der Waals surface area contributed by atoms with E-state index >= 15 is 0 Å². The maximum atomic E-state index is 11.9. The highest BCUT2D eigenvalue weighted by molar-refractivity contribution is 5.93. The molecule has 0 spiro atoms. The summed E-state index contributed by atoms with van der Waals surface area (Å²) >= 11 is 0. The SMILES string of the molecule is CC1(C)CC(=O)C=C(Nc2ccc(NC3=CC(=O)CC(C)(C)C3)cc2)C1. The van der Waals surface area contributed by atoms with Crippen LogP contribution in [-0.4, -0.2) is 11.6 Å². The fourth-order valence-electron chi connectivity index (χ4n) is 3.86. The van der Waals surface area contributed by atoms with Crippen LogP contribution in [0.25, 0.3) is 0 Å². The van der Waals surface area contributed by atoms with Gasteiger partial charge in [-0.05, 0) is 47.9 Å². The molecular weight excluding hydrogens is 324 g/mol. The Bertz CT molecular complexity index is 716. The lowest BCUT2D eigenvalue weighted by molar-refractivity contribution is -0.117. The third-order valence-electron chi connectivity index (χ3n) is 4.81. The van der Waals surface area contributed by atoms with Crippen molar-refractivity contribution >= 4 is 22.9 Å². The number of anilines is 2. The van der Waals surface area contributed by atoms with E-state index in [1.165, 1.54) is 0 Å². The summed E-state index contributed by atoms with van der Waals surface area (Å²) in [5.74, 6) is 0.358. The van der Waals surface area contributed by atoms with Gasteiger partial charge in [-0.15, -0.1) is 0 Å². The number of benzene rings is 1. The topological polar surface area (TPSA) is 58.2 Å². The van der Waals surface area contributed by atoms with Crippen molar-refractivity contribution in [2.24, 2.45) is 10.8 Å². The molecule has 0 saturated heterocycles. The monoisotopic (exact) mass is 352 g/mol. The normalized spacial score (nSPS) is 21.7. The van der Waals surface area contributed by atoms with E-state index in [-0.39, 0.29) is 22.4 Å². The molecule has 0 saturated carbocycles. The van der Waals surface area contributed by atoms with Crippen molar-refractivity contribution in [1.29, 1.82) is 0 Å². The fourth-order valence-corrected chi connectivity index (χ4v) is 3.86. The Morgan fingerprint density at radius 2 is 1.00 bits per heavy atom. The summed E-state index contributed by atoms with van der Waals surface area (Å²) < 4.78 is 0. The van der Waals surface area contributed by atoms with Gasteiger partial charge in [-0.25, -0.2) is 0 Å². The van der Waals surface area contributed by atoms with Crippen LogP contribution in [0.4, 0.5) is 11.4 Å². The highest BCUT2D eigenvalue weighted by atomic mass is 16.1. The van der Waals surface area contributed by atoms with E-state index < -0.39 is 0 Å². The average molecular weight is 352 g/mol. The summed E-state index contributed by atoms with van der Waals surface area (Å²) in [7, 11) is 0. The molecule has 2 aliphatic carbocycles. The standard InChI is InChI=1S/C22H28N2O2/c1-21(2)11-17(9-19(25)13-21)23-15-5-7-16(8-6-15)24-18-10-20(26)14-22(3,4)12-18/h5-10,23-24H,11-14H2,1-4H3. The van der Waals surface area contributed by atoms with Crippen LogP contribution in [0.2, 0.25) is 0 Å². The zero-order valence-corrected chi connectivity index (χ0v) is 16.1. The summed E-state index contributed by atoms with van der Waals surface area (Å²) in [5, 5.41) is 6.72. The van der Waals surface area contributed by atoms with Gasteiger partial charge in [-0.2, -0.15) is 0 Å². The van der Waals surface area contributed by atoms with E-state index in [1.807, 2.05) is 24.3 Å². The Morgan fingerprint density at radius 3 is 1.31 bits per heavy atom. The molecular formula is C22H28N2O2. The van der Waals surface area contributed by atoms with Gasteiger partial charge >= 0.3 is 0 Å². The quantitative estimate of drug-likeness (QED) is 0.795. The molecule has 0 amide bonds. The summed E-state index contributed by atoms with van der Waals surface area (Å²) in [5.41, 5.74) is 3.86. The minimum atomic E-state index is 0.00244. The second-order valence-electron chi connectivity index (χ2n) is 9.13. The molecule has 0 radical (unpaired) electrons. The molecule has 2 N–H and O–H groups in total. The Balaban J connectivity index is 1.66. The van der Waals surface area contributed by atoms with Crippen molar-refractivity contribution in [2.75, 3.05) is 10.6 Å². The molecule has 0 aromatic heterocycles. The third-order valence-corrected chi connectivity index (χ3v) is 4.81. The molecule has 26 heavy (non-hydrogen) atoms. The van der Waals surface area contributed by atoms with Crippen LogP contribution >= 0.6 is 0 Å². The van der Waals surface area contributed by atoms with Crippen molar-refractivity contribution in [1.82, 2.24) is 0 Å². The van der Waals surface area contributed by atoms with Crippen molar-refractivity contribution < 1.29 is 9.59 Å². The van der Waals surface area contributed by atoms with Crippen molar-refractivity contribution in [3.8, 4) is 0 Å². The summed E-state index contributed by atoms with van der Waals surface area (Å²) in [6.07, 6.45) is 6.37. The Labute approximate surface area is 155 Å². The van der Waals surface area contributed by atoms with Crippen LogP contribution < -0.4 is 10.6 Å². The maximum Gasteiger partial charge on any atom is 0.157 e. The summed E-state index contributed by atoms with van der Waals surface area (Å²) in [6, 6.07) is 7.97. The number of nitrogens with one attached hydrogen (secondary N) is 2. The van der Waals surface area contributed by atoms with Crippen LogP contribution in [0, 0.1) is 10.8 Å². The van der Waals surface area contributed by atoms with Crippen molar-refractivity contribution in [2.45, 2.75) is 53.4 Å². The highest BCUT2D eigenvalue weighted by Crippen LogP contribution is 2.35. The molecule has 138 valence electrons. The highest BCUT2D eigenvalue weighted by Gasteiger charge is 2.28. The molecule has 0 aliphatic heterocycles. The van der Waals surface area contributed by atoms with Crippen molar-refractivity contribution in [3.63, 3.8) is 0 Å². The second-order valence-corrected chi connectivity index (χ2v) is 9.13. The van der Waals surface area contributed by atoms with Crippen molar-refractivity contribution in [3.05, 3.63) is 47.8 Å². The van der Waals surface area contributed by atoms with Gasteiger partial charge in [-0.1, -0.05) is 27.7 Å². The summed E-state index contributed by atoms with van der Waals surface area (Å²) in [6.45, 7) is 8.47. The zero-order chi connectivity index (χ0) is 18.9. The zero-order valence-electron chi connectivity index (χ0n) is 16.1. The van der Waals surface area contributed by atoms with Gasteiger partial charge in [0.05, 0.1) is 0 Å². The molecule has 0 atom stereocenters. The van der Waals surface area contributed by atoms with Crippen LogP contribution in [-0.2, 0) is 9.59 Å². The number of hydrogen-bond acceptors (Lipinski definition) is 4. The van der Waals surface area contributed by atoms with Crippen LogP contribution in [0.3, 0.4) is 0 Å². The van der Waals surface area contributed by atoms with E-state index in [0.717, 1.165) is 35.6 Å². The van der Waals surface area contributed by atoms with Gasteiger partial charge < -0.3 is 10.6 Å². The Kier molecular flexibility index (Phi) is 4.78. The lowest BCUT2D eigenvalue weighted by Crippen LogP contribution is -2.24. The molecule has 0 heterocycles. The van der Waals surface area contributed by atoms with Gasteiger partial charge in [0.1, 0.15) is 0 Å². The predicted octanol–water partition coefficient (Wildman–Crippen LogP) is 5.06. The number of allylic oxidation sites excluding steroid dienone is 4. The van der Waals surface area contributed by atoms with Gasteiger partial charge in [0, 0.05) is 47.8 Å². The Hall–Kier alpha value is -2.36. The molecule has 1 aromatic rings. The first-order valence-electron chi connectivity index (χ1n) is 9.21. The minimum Gasteiger partial charge on any atom is -0.359 e. The van der Waals surface area contributed by atoms with Gasteiger partial charge in [0.25, 0.3) is 0 Å². The lowest BCUT2D eigenvalue weighted by Gasteiger charge is -2.30. The molecule has 4 nitrogen and oxygen atoms in total. The number of hydrogen-bond donors (Lipinski definition) is 2. The van der Waals surface area contributed by atoms with Crippen LogP contribution in [0.15, 0.2) is 47.8 Å². The first-order valence-corrected chi connectivity index (χ1v) is 9.21. The first kappa shape index (κ1) is 18.4. The first-order chi connectivity index (χ1) is 12.1. The van der Waals surface area contributed by atoms with E-state index in [9.17, 15) is 9.59 Å². The third kappa shape index (κ3) is 4.84. The van der Waals surface area contributed by atoms with E-state index in [4.69, 9.17) is 0 Å². The molecule has 0 bridgehead atoms. The van der Waals surface area contributed by atoms with E-state index in [2.05, 4.69) is 38.3 Å². The molecule has 3 rings (SSSR count). The predicted molar refractivity (Wildman–Crippen MR) is 106 cm³/mol. The van der Waals surface area contributed by atoms with Crippen LogP contribution in [0.5, 0.6) is 0 Å². The number of rotatable bonds is 4. The molecule has 0 fully saturated rings.